The minimum absolute atomic E-state index is 0.00143. The Morgan fingerprint density at radius 1 is 1.53 bits per heavy atom. The van der Waals surface area contributed by atoms with Crippen molar-refractivity contribution in [2.24, 2.45) is 7.05 Å². The van der Waals surface area contributed by atoms with Gasteiger partial charge in [-0.3, -0.25) is 0 Å². The zero-order valence-electron chi connectivity index (χ0n) is 11.3. The molecule has 0 radical (unpaired) electrons. The molecule has 0 aliphatic carbocycles. The van der Waals surface area contributed by atoms with E-state index in [1.54, 1.807) is 18.5 Å². The molecule has 0 N–H and O–H groups in total. The van der Waals surface area contributed by atoms with E-state index in [0.29, 0.717) is 5.82 Å². The predicted molar refractivity (Wildman–Crippen MR) is 68.8 cm³/mol. The van der Waals surface area contributed by atoms with Gasteiger partial charge in [0, 0.05) is 39.9 Å². The van der Waals surface area contributed by atoms with Crippen LogP contribution < -0.4 is 0 Å². The fraction of sp³-hybridized carbons (Fsp3) is 0.636. The summed E-state index contributed by atoms with van der Waals surface area (Å²) in [5, 5.41) is 8.60. The van der Waals surface area contributed by atoms with Crippen molar-refractivity contribution in [3.63, 3.8) is 0 Å². The van der Waals surface area contributed by atoms with Crippen molar-refractivity contribution in [3.05, 3.63) is 12.0 Å². The van der Waals surface area contributed by atoms with Gasteiger partial charge < -0.3 is 9.30 Å². The van der Waals surface area contributed by atoms with Gasteiger partial charge in [0.2, 0.25) is 0 Å². The second kappa shape index (κ2) is 6.65. The predicted octanol–water partition coefficient (Wildman–Crippen LogP) is 0.279. The Balaban J connectivity index is 3.01. The summed E-state index contributed by atoms with van der Waals surface area (Å²) in [5.74, 6) is 0.616. The molecule has 0 aliphatic heterocycles. The summed E-state index contributed by atoms with van der Waals surface area (Å²) in [7, 11) is -0.445. The summed E-state index contributed by atoms with van der Waals surface area (Å²) < 4.78 is 32.6. The standard InChI is InChI=1S/C11H18N4O3S/c1-10-13-11(9-14(10)2)19(16,17)15(6-4-5-12)7-8-18-3/h9H,4,6-8H2,1-3H3. The monoisotopic (exact) mass is 286 g/mol. The SMILES string of the molecule is COCCN(CCC#N)S(=O)(=O)c1cn(C)c(C)n1. The molecule has 0 bridgehead atoms. The molecule has 0 aliphatic rings. The highest BCUT2D eigenvalue weighted by Crippen LogP contribution is 2.14. The number of aromatic nitrogens is 2. The molecule has 0 atom stereocenters. The number of hydrogen-bond donors (Lipinski definition) is 0. The number of hydrogen-bond acceptors (Lipinski definition) is 5. The summed E-state index contributed by atoms with van der Waals surface area (Å²) in [6.07, 6.45) is 1.60. The van der Waals surface area contributed by atoms with Crippen LogP contribution in [-0.4, -0.2) is 49.1 Å². The molecule has 8 heteroatoms. The molecule has 0 aromatic carbocycles. The fourth-order valence-electron chi connectivity index (χ4n) is 1.50. The third-order valence-electron chi connectivity index (χ3n) is 2.71. The smallest absolute Gasteiger partial charge is 0.262 e. The zero-order valence-corrected chi connectivity index (χ0v) is 12.1. The third kappa shape index (κ3) is 3.76. The van der Waals surface area contributed by atoms with Crippen molar-refractivity contribution in [2.45, 2.75) is 18.4 Å². The normalized spacial score (nSPS) is 11.7. The molecule has 7 nitrogen and oxygen atoms in total. The summed E-state index contributed by atoms with van der Waals surface area (Å²) in [4.78, 5) is 4.03. The van der Waals surface area contributed by atoms with Crippen LogP contribution in [0.15, 0.2) is 11.2 Å². The number of methoxy groups -OCH3 is 1. The van der Waals surface area contributed by atoms with E-state index in [1.807, 2.05) is 6.07 Å². The van der Waals surface area contributed by atoms with Crippen LogP contribution in [0.2, 0.25) is 0 Å². The number of nitriles is 1. The molecule has 106 valence electrons. The Morgan fingerprint density at radius 3 is 2.68 bits per heavy atom. The number of sulfonamides is 1. The topological polar surface area (TPSA) is 88.2 Å². The molecular weight excluding hydrogens is 268 g/mol. The van der Waals surface area contributed by atoms with Crippen molar-refractivity contribution in [2.75, 3.05) is 26.8 Å². The van der Waals surface area contributed by atoms with E-state index in [2.05, 4.69) is 4.98 Å². The van der Waals surface area contributed by atoms with Crippen LogP contribution in [-0.2, 0) is 21.8 Å². The second-order valence-electron chi connectivity index (χ2n) is 4.04. The number of ether oxygens (including phenoxy) is 1. The first-order valence-electron chi connectivity index (χ1n) is 5.79. The first-order chi connectivity index (χ1) is 8.93. The maximum absolute atomic E-state index is 12.4. The lowest BCUT2D eigenvalue weighted by atomic mass is 10.4. The molecular formula is C11H18N4O3S. The van der Waals surface area contributed by atoms with Crippen molar-refractivity contribution in [3.8, 4) is 6.07 Å². The van der Waals surface area contributed by atoms with Gasteiger partial charge in [0.15, 0.2) is 5.03 Å². The lowest BCUT2D eigenvalue weighted by Crippen LogP contribution is -2.35. The summed E-state index contributed by atoms with van der Waals surface area (Å²) in [5.41, 5.74) is 0. The van der Waals surface area contributed by atoms with Gasteiger partial charge in [0.25, 0.3) is 10.0 Å². The molecule has 0 saturated carbocycles. The van der Waals surface area contributed by atoms with Crippen LogP contribution in [0.25, 0.3) is 0 Å². The molecule has 0 spiro atoms. The van der Waals surface area contributed by atoms with E-state index >= 15 is 0 Å². The number of aryl methyl sites for hydroxylation is 2. The van der Waals surface area contributed by atoms with Crippen LogP contribution in [0.1, 0.15) is 12.2 Å². The largest absolute Gasteiger partial charge is 0.383 e. The van der Waals surface area contributed by atoms with Crippen LogP contribution in [0.3, 0.4) is 0 Å². The molecule has 1 heterocycles. The first kappa shape index (κ1) is 15.6. The average Bonchev–Trinajstić information content (AvgIpc) is 2.70. The van der Waals surface area contributed by atoms with Crippen molar-refractivity contribution < 1.29 is 13.2 Å². The number of imidazole rings is 1. The Kier molecular flexibility index (Phi) is 5.47. The highest BCUT2D eigenvalue weighted by molar-refractivity contribution is 7.89. The van der Waals surface area contributed by atoms with Crippen LogP contribution >= 0.6 is 0 Å². The molecule has 1 aromatic rings. The van der Waals surface area contributed by atoms with Crippen molar-refractivity contribution in [1.82, 2.24) is 13.9 Å². The summed E-state index contributed by atoms with van der Waals surface area (Å²) in [6, 6.07) is 1.94. The highest BCUT2D eigenvalue weighted by atomic mass is 32.2. The minimum Gasteiger partial charge on any atom is -0.383 e. The Morgan fingerprint density at radius 2 is 2.21 bits per heavy atom. The molecule has 19 heavy (non-hydrogen) atoms. The molecule has 0 fully saturated rings. The van der Waals surface area contributed by atoms with Gasteiger partial charge in [0.1, 0.15) is 5.82 Å². The molecule has 0 unspecified atom stereocenters. The zero-order chi connectivity index (χ0) is 14.5. The molecule has 0 amide bonds. The van der Waals surface area contributed by atoms with Crippen molar-refractivity contribution in [1.29, 1.82) is 5.26 Å². The van der Waals surface area contributed by atoms with E-state index in [-0.39, 0.29) is 31.1 Å². The van der Waals surface area contributed by atoms with E-state index in [0.717, 1.165) is 0 Å². The lowest BCUT2D eigenvalue weighted by molar-refractivity contribution is 0.179. The molecule has 1 rings (SSSR count). The van der Waals surface area contributed by atoms with Gasteiger partial charge in [-0.2, -0.15) is 9.57 Å². The Hall–Kier alpha value is -1.43. The maximum Gasteiger partial charge on any atom is 0.262 e. The van der Waals surface area contributed by atoms with Crippen LogP contribution in [0.5, 0.6) is 0 Å². The maximum atomic E-state index is 12.4. The first-order valence-corrected chi connectivity index (χ1v) is 7.23. The van der Waals surface area contributed by atoms with E-state index in [1.165, 1.54) is 17.6 Å². The molecule has 1 aromatic heterocycles. The average molecular weight is 286 g/mol. The third-order valence-corrected chi connectivity index (χ3v) is 4.48. The summed E-state index contributed by atoms with van der Waals surface area (Å²) >= 11 is 0. The Labute approximate surface area is 113 Å². The number of nitrogens with zero attached hydrogens (tertiary/aromatic N) is 4. The van der Waals surface area contributed by atoms with Gasteiger partial charge in [-0.15, -0.1) is 0 Å². The van der Waals surface area contributed by atoms with Crippen LogP contribution in [0, 0.1) is 18.3 Å². The van der Waals surface area contributed by atoms with Crippen molar-refractivity contribution >= 4 is 10.0 Å². The van der Waals surface area contributed by atoms with Gasteiger partial charge in [-0.1, -0.05) is 0 Å². The minimum atomic E-state index is -3.68. The lowest BCUT2D eigenvalue weighted by Gasteiger charge is -2.19. The number of rotatable bonds is 7. The van der Waals surface area contributed by atoms with Gasteiger partial charge in [-0.25, -0.2) is 13.4 Å². The quantitative estimate of drug-likeness (QED) is 0.718. The molecule has 0 saturated heterocycles. The van der Waals surface area contributed by atoms with E-state index < -0.39 is 10.0 Å². The van der Waals surface area contributed by atoms with Gasteiger partial charge >= 0.3 is 0 Å². The Bertz CT molecular complexity index is 539. The van der Waals surface area contributed by atoms with Gasteiger partial charge in [0.05, 0.1) is 12.7 Å². The van der Waals surface area contributed by atoms with E-state index in [9.17, 15) is 8.42 Å². The van der Waals surface area contributed by atoms with E-state index in [4.69, 9.17) is 10.00 Å². The second-order valence-corrected chi connectivity index (χ2v) is 5.93. The van der Waals surface area contributed by atoms with Gasteiger partial charge in [-0.05, 0) is 6.92 Å². The summed E-state index contributed by atoms with van der Waals surface area (Å²) in [6.45, 7) is 2.35. The van der Waals surface area contributed by atoms with Crippen LogP contribution in [0.4, 0.5) is 0 Å². The fourth-order valence-corrected chi connectivity index (χ4v) is 2.95. The highest BCUT2D eigenvalue weighted by Gasteiger charge is 2.26.